The Bertz CT molecular complexity index is 430. The van der Waals surface area contributed by atoms with E-state index in [1.807, 2.05) is 6.92 Å². The Morgan fingerprint density at radius 2 is 2.31 bits per heavy atom. The highest BCUT2D eigenvalue weighted by Gasteiger charge is 2.01. The predicted octanol–water partition coefficient (Wildman–Crippen LogP) is 1.48. The predicted molar refractivity (Wildman–Crippen MR) is 57.0 cm³/mol. The summed E-state index contributed by atoms with van der Waals surface area (Å²) in [7, 11) is 0. The Labute approximate surface area is 92.7 Å². The van der Waals surface area contributed by atoms with E-state index in [-0.39, 0.29) is 0 Å². The molecule has 0 saturated carbocycles. The Balaban J connectivity index is 1.96. The van der Waals surface area contributed by atoms with Crippen LogP contribution in [0.4, 0.5) is 5.95 Å². The number of rotatable bonds is 5. The van der Waals surface area contributed by atoms with Gasteiger partial charge in [-0.2, -0.15) is 4.98 Å². The zero-order valence-corrected chi connectivity index (χ0v) is 8.88. The molecular formula is C10H12N4O2. The number of ether oxygens (including phenoxy) is 1. The quantitative estimate of drug-likeness (QED) is 0.822. The van der Waals surface area contributed by atoms with Crippen molar-refractivity contribution in [2.45, 2.75) is 13.5 Å². The van der Waals surface area contributed by atoms with Crippen molar-refractivity contribution >= 4 is 5.95 Å². The van der Waals surface area contributed by atoms with Gasteiger partial charge in [0.05, 0.1) is 19.3 Å². The lowest BCUT2D eigenvalue weighted by atomic mass is 10.4. The van der Waals surface area contributed by atoms with Crippen molar-refractivity contribution in [1.29, 1.82) is 0 Å². The monoisotopic (exact) mass is 220 g/mol. The van der Waals surface area contributed by atoms with Gasteiger partial charge in [-0.1, -0.05) is 5.16 Å². The van der Waals surface area contributed by atoms with Crippen LogP contribution in [0.3, 0.4) is 0 Å². The number of hydrogen-bond donors (Lipinski definition) is 1. The van der Waals surface area contributed by atoms with Gasteiger partial charge in [0, 0.05) is 18.3 Å². The van der Waals surface area contributed by atoms with Crippen LogP contribution in [-0.4, -0.2) is 21.7 Å². The second-order valence-electron chi connectivity index (χ2n) is 2.98. The van der Waals surface area contributed by atoms with E-state index < -0.39 is 0 Å². The van der Waals surface area contributed by atoms with Crippen molar-refractivity contribution in [3.63, 3.8) is 0 Å². The zero-order chi connectivity index (χ0) is 11.2. The Morgan fingerprint density at radius 3 is 3.06 bits per heavy atom. The molecule has 0 amide bonds. The van der Waals surface area contributed by atoms with Crippen LogP contribution in [0.15, 0.2) is 29.0 Å². The van der Waals surface area contributed by atoms with E-state index in [1.165, 1.54) is 0 Å². The van der Waals surface area contributed by atoms with Gasteiger partial charge in [0.2, 0.25) is 11.8 Å². The molecule has 0 aliphatic rings. The summed E-state index contributed by atoms with van der Waals surface area (Å²) in [6.07, 6.45) is 3.23. The van der Waals surface area contributed by atoms with E-state index in [1.54, 1.807) is 24.5 Å². The molecule has 2 heterocycles. The summed E-state index contributed by atoms with van der Waals surface area (Å²) < 4.78 is 10.2. The van der Waals surface area contributed by atoms with Gasteiger partial charge < -0.3 is 14.6 Å². The maximum atomic E-state index is 5.26. The maximum Gasteiger partial charge on any atom is 0.226 e. The topological polar surface area (TPSA) is 73.1 Å². The van der Waals surface area contributed by atoms with Crippen molar-refractivity contribution in [2.75, 3.05) is 11.9 Å². The number of hydrogen-bond acceptors (Lipinski definition) is 6. The standard InChI is InChI=1S/C10H12N4O2/c1-2-15-9-4-5-11-10(14-9)12-7-8-3-6-13-16-8/h3-6H,2,7H2,1H3,(H,11,12,14). The van der Waals surface area contributed by atoms with E-state index in [2.05, 4.69) is 20.4 Å². The third-order valence-electron chi connectivity index (χ3n) is 1.83. The number of nitrogens with one attached hydrogen (secondary N) is 1. The molecule has 1 N–H and O–H groups in total. The molecule has 2 aromatic rings. The summed E-state index contributed by atoms with van der Waals surface area (Å²) >= 11 is 0. The molecule has 6 nitrogen and oxygen atoms in total. The van der Waals surface area contributed by atoms with Crippen molar-refractivity contribution in [3.8, 4) is 5.88 Å². The van der Waals surface area contributed by atoms with Gasteiger partial charge in [0.1, 0.15) is 0 Å². The number of aromatic nitrogens is 3. The fourth-order valence-electron chi connectivity index (χ4n) is 1.16. The molecule has 0 aliphatic heterocycles. The Hall–Kier alpha value is -2.11. The van der Waals surface area contributed by atoms with Gasteiger partial charge >= 0.3 is 0 Å². The number of anilines is 1. The molecule has 16 heavy (non-hydrogen) atoms. The largest absolute Gasteiger partial charge is 0.478 e. The van der Waals surface area contributed by atoms with E-state index in [4.69, 9.17) is 9.26 Å². The molecule has 6 heteroatoms. The summed E-state index contributed by atoms with van der Waals surface area (Å²) in [6.45, 7) is 2.98. The summed E-state index contributed by atoms with van der Waals surface area (Å²) in [4.78, 5) is 8.21. The highest BCUT2D eigenvalue weighted by Crippen LogP contribution is 2.09. The van der Waals surface area contributed by atoms with Crippen LogP contribution in [0.5, 0.6) is 5.88 Å². The molecule has 0 aliphatic carbocycles. The average Bonchev–Trinajstić information content (AvgIpc) is 2.80. The molecule has 0 aromatic carbocycles. The van der Waals surface area contributed by atoms with Crippen LogP contribution in [0.25, 0.3) is 0 Å². The van der Waals surface area contributed by atoms with Crippen molar-refractivity contribution in [2.24, 2.45) is 0 Å². The Kier molecular flexibility index (Phi) is 3.32. The average molecular weight is 220 g/mol. The first-order valence-corrected chi connectivity index (χ1v) is 4.97. The Morgan fingerprint density at radius 1 is 1.38 bits per heavy atom. The van der Waals surface area contributed by atoms with Crippen molar-refractivity contribution in [1.82, 2.24) is 15.1 Å². The van der Waals surface area contributed by atoms with Gasteiger partial charge in [-0.3, -0.25) is 0 Å². The van der Waals surface area contributed by atoms with Crippen LogP contribution in [0.1, 0.15) is 12.7 Å². The summed E-state index contributed by atoms with van der Waals surface area (Å²) in [5, 5.41) is 6.61. The second kappa shape index (κ2) is 5.11. The maximum absolute atomic E-state index is 5.26. The minimum Gasteiger partial charge on any atom is -0.478 e. The van der Waals surface area contributed by atoms with E-state index in [0.29, 0.717) is 25.0 Å². The van der Waals surface area contributed by atoms with Gasteiger partial charge in [-0.25, -0.2) is 4.98 Å². The second-order valence-corrected chi connectivity index (χ2v) is 2.98. The summed E-state index contributed by atoms with van der Waals surface area (Å²) in [5.74, 6) is 1.78. The summed E-state index contributed by atoms with van der Waals surface area (Å²) in [6, 6.07) is 3.49. The SMILES string of the molecule is CCOc1ccnc(NCc2ccno2)n1. The zero-order valence-electron chi connectivity index (χ0n) is 8.88. The smallest absolute Gasteiger partial charge is 0.226 e. The molecule has 2 rings (SSSR count). The minimum atomic E-state index is 0.496. The minimum absolute atomic E-state index is 0.496. The molecular weight excluding hydrogens is 208 g/mol. The van der Waals surface area contributed by atoms with E-state index in [0.717, 1.165) is 5.76 Å². The van der Waals surface area contributed by atoms with Gasteiger partial charge in [0.15, 0.2) is 5.76 Å². The fourth-order valence-corrected chi connectivity index (χ4v) is 1.16. The van der Waals surface area contributed by atoms with Gasteiger partial charge in [0.25, 0.3) is 0 Å². The molecule has 0 fully saturated rings. The van der Waals surface area contributed by atoms with E-state index >= 15 is 0 Å². The molecule has 0 unspecified atom stereocenters. The van der Waals surface area contributed by atoms with Crippen molar-refractivity contribution in [3.05, 3.63) is 30.3 Å². The van der Waals surface area contributed by atoms with Gasteiger partial charge in [-0.15, -0.1) is 0 Å². The first-order chi connectivity index (χ1) is 7.88. The molecule has 0 atom stereocenters. The third-order valence-corrected chi connectivity index (χ3v) is 1.83. The molecule has 0 spiro atoms. The van der Waals surface area contributed by atoms with Crippen LogP contribution in [0.2, 0.25) is 0 Å². The lowest BCUT2D eigenvalue weighted by Crippen LogP contribution is -2.04. The lowest BCUT2D eigenvalue weighted by Gasteiger charge is -2.04. The molecule has 2 aromatic heterocycles. The first kappa shape index (κ1) is 10.4. The molecule has 0 bridgehead atoms. The van der Waals surface area contributed by atoms with Crippen LogP contribution < -0.4 is 10.1 Å². The third kappa shape index (κ3) is 2.69. The normalized spacial score (nSPS) is 10.1. The molecule has 0 saturated heterocycles. The van der Waals surface area contributed by atoms with Crippen molar-refractivity contribution < 1.29 is 9.26 Å². The fraction of sp³-hybridized carbons (Fsp3) is 0.300. The highest BCUT2D eigenvalue weighted by atomic mass is 16.5. The van der Waals surface area contributed by atoms with Gasteiger partial charge in [-0.05, 0) is 6.92 Å². The van der Waals surface area contributed by atoms with Crippen LogP contribution in [-0.2, 0) is 6.54 Å². The first-order valence-electron chi connectivity index (χ1n) is 4.97. The van der Waals surface area contributed by atoms with E-state index in [9.17, 15) is 0 Å². The molecule has 0 radical (unpaired) electrons. The summed E-state index contributed by atoms with van der Waals surface area (Å²) in [5.41, 5.74) is 0. The highest BCUT2D eigenvalue weighted by molar-refractivity contribution is 5.27. The van der Waals surface area contributed by atoms with Crippen LogP contribution >= 0.6 is 0 Å². The number of nitrogens with zero attached hydrogens (tertiary/aromatic N) is 3. The lowest BCUT2D eigenvalue weighted by molar-refractivity contribution is 0.326. The van der Waals surface area contributed by atoms with Crippen LogP contribution in [0, 0.1) is 0 Å². The molecule has 84 valence electrons.